The number of thiazole rings is 1. The van der Waals surface area contributed by atoms with E-state index in [4.69, 9.17) is 10.8 Å². The van der Waals surface area contributed by atoms with Gasteiger partial charge in [0, 0.05) is 12.4 Å². The SMILES string of the molecule is CN(CC(N)=O)C(=O)c1nc(C(=O)O)cs1. The van der Waals surface area contributed by atoms with Crippen molar-refractivity contribution in [3.8, 4) is 0 Å². The largest absolute Gasteiger partial charge is 0.476 e. The second-order valence-electron chi connectivity index (χ2n) is 2.97. The average molecular weight is 243 g/mol. The predicted molar refractivity (Wildman–Crippen MR) is 55.2 cm³/mol. The molecule has 0 saturated heterocycles. The van der Waals surface area contributed by atoms with Crippen molar-refractivity contribution in [1.29, 1.82) is 0 Å². The molecule has 0 bridgehead atoms. The molecule has 0 aromatic carbocycles. The summed E-state index contributed by atoms with van der Waals surface area (Å²) in [6, 6.07) is 0. The zero-order chi connectivity index (χ0) is 12.3. The van der Waals surface area contributed by atoms with E-state index in [-0.39, 0.29) is 17.2 Å². The quantitative estimate of drug-likeness (QED) is 0.732. The average Bonchev–Trinajstić information content (AvgIpc) is 2.64. The molecule has 0 radical (unpaired) electrons. The maximum atomic E-state index is 11.6. The van der Waals surface area contributed by atoms with Crippen molar-refractivity contribution >= 4 is 29.1 Å². The minimum absolute atomic E-state index is 0.0150. The van der Waals surface area contributed by atoms with Crippen molar-refractivity contribution in [2.75, 3.05) is 13.6 Å². The molecule has 16 heavy (non-hydrogen) atoms. The fraction of sp³-hybridized carbons (Fsp3) is 0.250. The van der Waals surface area contributed by atoms with Crippen molar-refractivity contribution in [3.63, 3.8) is 0 Å². The first kappa shape index (κ1) is 12.1. The topological polar surface area (TPSA) is 114 Å². The van der Waals surface area contributed by atoms with Gasteiger partial charge >= 0.3 is 5.97 Å². The van der Waals surface area contributed by atoms with Crippen LogP contribution in [0, 0.1) is 0 Å². The van der Waals surface area contributed by atoms with Crippen molar-refractivity contribution < 1.29 is 19.5 Å². The summed E-state index contributed by atoms with van der Waals surface area (Å²) in [5, 5.41) is 9.88. The lowest BCUT2D eigenvalue weighted by molar-refractivity contribution is -0.118. The summed E-state index contributed by atoms with van der Waals surface area (Å²) in [5.41, 5.74) is 4.73. The van der Waals surface area contributed by atoms with Gasteiger partial charge in [-0.15, -0.1) is 11.3 Å². The third kappa shape index (κ3) is 2.76. The smallest absolute Gasteiger partial charge is 0.355 e. The number of hydrogen-bond donors (Lipinski definition) is 2. The van der Waals surface area contributed by atoms with Crippen LogP contribution in [0.15, 0.2) is 5.38 Å². The van der Waals surface area contributed by atoms with Gasteiger partial charge in [-0.1, -0.05) is 0 Å². The van der Waals surface area contributed by atoms with E-state index in [2.05, 4.69) is 4.98 Å². The molecule has 0 fully saturated rings. The molecule has 0 aliphatic carbocycles. The summed E-state index contributed by atoms with van der Waals surface area (Å²) in [6.07, 6.45) is 0. The molecule has 0 aliphatic heterocycles. The molecule has 1 heterocycles. The summed E-state index contributed by atoms with van der Waals surface area (Å²) in [6.45, 7) is -0.235. The Bertz CT molecular complexity index is 442. The fourth-order valence-electron chi connectivity index (χ4n) is 0.939. The van der Waals surface area contributed by atoms with Crippen molar-refractivity contribution in [1.82, 2.24) is 9.88 Å². The Morgan fingerprint density at radius 1 is 1.56 bits per heavy atom. The van der Waals surface area contributed by atoms with E-state index in [1.54, 1.807) is 0 Å². The monoisotopic (exact) mass is 243 g/mol. The summed E-state index contributed by atoms with van der Waals surface area (Å²) in [7, 11) is 1.38. The molecular formula is C8H9N3O4S. The van der Waals surface area contributed by atoms with Crippen molar-refractivity contribution in [2.24, 2.45) is 5.73 Å². The van der Waals surface area contributed by atoms with Crippen molar-refractivity contribution in [2.45, 2.75) is 0 Å². The van der Waals surface area contributed by atoms with Gasteiger partial charge in [0.2, 0.25) is 5.91 Å². The van der Waals surface area contributed by atoms with Crippen LogP contribution in [0.25, 0.3) is 0 Å². The minimum Gasteiger partial charge on any atom is -0.476 e. The van der Waals surface area contributed by atoms with Gasteiger partial charge in [-0.25, -0.2) is 9.78 Å². The van der Waals surface area contributed by atoms with E-state index in [9.17, 15) is 14.4 Å². The lowest BCUT2D eigenvalue weighted by atomic mass is 10.4. The van der Waals surface area contributed by atoms with Crippen molar-refractivity contribution in [3.05, 3.63) is 16.1 Å². The fourth-order valence-corrected chi connectivity index (χ4v) is 1.72. The highest BCUT2D eigenvalue weighted by atomic mass is 32.1. The maximum absolute atomic E-state index is 11.6. The van der Waals surface area contributed by atoms with E-state index in [0.717, 1.165) is 16.2 Å². The minimum atomic E-state index is -1.20. The van der Waals surface area contributed by atoms with E-state index < -0.39 is 17.8 Å². The van der Waals surface area contributed by atoms with Crippen LogP contribution in [0.5, 0.6) is 0 Å². The van der Waals surface area contributed by atoms with Gasteiger partial charge in [-0.3, -0.25) is 9.59 Å². The van der Waals surface area contributed by atoms with Gasteiger partial charge in [-0.2, -0.15) is 0 Å². The normalized spacial score (nSPS) is 9.81. The van der Waals surface area contributed by atoms with Gasteiger partial charge in [0.25, 0.3) is 5.91 Å². The van der Waals surface area contributed by atoms with Gasteiger partial charge in [0.05, 0.1) is 6.54 Å². The Balaban J connectivity index is 2.80. The molecule has 7 nitrogen and oxygen atoms in total. The number of carbonyl (C=O) groups is 3. The molecular weight excluding hydrogens is 234 g/mol. The number of aromatic carboxylic acids is 1. The van der Waals surface area contributed by atoms with E-state index in [0.29, 0.717) is 0 Å². The lowest BCUT2D eigenvalue weighted by Gasteiger charge is -2.12. The van der Waals surface area contributed by atoms with E-state index >= 15 is 0 Å². The highest BCUT2D eigenvalue weighted by molar-refractivity contribution is 7.11. The van der Waals surface area contributed by atoms with Gasteiger partial charge in [-0.05, 0) is 0 Å². The number of nitrogens with two attached hydrogens (primary N) is 1. The molecule has 0 spiro atoms. The summed E-state index contributed by atoms with van der Waals surface area (Å²) in [5.74, 6) is -2.38. The summed E-state index contributed by atoms with van der Waals surface area (Å²) in [4.78, 5) is 37.4. The van der Waals surface area contributed by atoms with E-state index in [1.165, 1.54) is 12.4 Å². The van der Waals surface area contributed by atoms with Crippen LogP contribution in [0.1, 0.15) is 20.3 Å². The second-order valence-corrected chi connectivity index (χ2v) is 3.83. The number of amides is 2. The highest BCUT2D eigenvalue weighted by Crippen LogP contribution is 2.11. The van der Waals surface area contributed by atoms with Crippen LogP contribution >= 0.6 is 11.3 Å². The Labute approximate surface area is 94.5 Å². The number of carboxylic acids is 1. The number of hydrogen-bond acceptors (Lipinski definition) is 5. The predicted octanol–water partition coefficient (Wildman–Crippen LogP) is -0.601. The van der Waals surface area contributed by atoms with Gasteiger partial charge < -0.3 is 15.7 Å². The lowest BCUT2D eigenvalue weighted by Crippen LogP contribution is -2.35. The number of carboxylic acid groups (broad SMARTS) is 1. The Hall–Kier alpha value is -1.96. The number of rotatable bonds is 4. The van der Waals surface area contributed by atoms with Crippen LogP contribution < -0.4 is 5.73 Å². The van der Waals surface area contributed by atoms with Crippen LogP contribution in [0.3, 0.4) is 0 Å². The number of nitrogens with zero attached hydrogens (tertiary/aromatic N) is 2. The molecule has 0 atom stereocenters. The van der Waals surface area contributed by atoms with Crippen LogP contribution in [0.2, 0.25) is 0 Å². The highest BCUT2D eigenvalue weighted by Gasteiger charge is 2.19. The first-order chi connectivity index (χ1) is 7.41. The van der Waals surface area contributed by atoms with Crippen LogP contribution in [0.4, 0.5) is 0 Å². The standard InChI is InChI=1S/C8H9N3O4S/c1-11(2-5(9)12)7(13)6-10-4(3-16-6)8(14)15/h3H,2H2,1H3,(H2,9,12)(H,14,15). The molecule has 1 rings (SSSR count). The van der Waals surface area contributed by atoms with Crippen LogP contribution in [-0.2, 0) is 4.79 Å². The van der Waals surface area contributed by atoms with Gasteiger partial charge in [0.15, 0.2) is 10.7 Å². The molecule has 2 amide bonds. The Morgan fingerprint density at radius 2 is 2.19 bits per heavy atom. The van der Waals surface area contributed by atoms with Crippen LogP contribution in [-0.4, -0.2) is 46.4 Å². The molecule has 86 valence electrons. The number of aromatic nitrogens is 1. The molecule has 0 aliphatic rings. The molecule has 1 aromatic heterocycles. The molecule has 8 heteroatoms. The first-order valence-corrected chi connectivity index (χ1v) is 5.02. The third-order valence-corrected chi connectivity index (χ3v) is 2.48. The van der Waals surface area contributed by atoms with E-state index in [1.807, 2.05) is 0 Å². The maximum Gasteiger partial charge on any atom is 0.355 e. The Kier molecular flexibility index (Phi) is 3.56. The number of likely N-dealkylation sites (N-methyl/N-ethyl adjacent to an activating group) is 1. The second kappa shape index (κ2) is 4.71. The Morgan fingerprint density at radius 3 is 2.62 bits per heavy atom. The van der Waals surface area contributed by atoms with Gasteiger partial charge in [0.1, 0.15) is 0 Å². The summed E-state index contributed by atoms with van der Waals surface area (Å²) >= 11 is 0.906. The summed E-state index contributed by atoms with van der Waals surface area (Å²) < 4.78 is 0. The molecule has 3 N–H and O–H groups in total. The first-order valence-electron chi connectivity index (χ1n) is 4.14. The third-order valence-electron chi connectivity index (χ3n) is 1.65. The zero-order valence-electron chi connectivity index (χ0n) is 8.34. The number of primary amides is 1. The molecule has 0 unspecified atom stereocenters. The zero-order valence-corrected chi connectivity index (χ0v) is 9.15. The molecule has 0 saturated carbocycles. The number of carbonyl (C=O) groups excluding carboxylic acids is 2. The molecule has 1 aromatic rings.